The zero-order valence-electron chi connectivity index (χ0n) is 6.11. The van der Waals surface area contributed by atoms with Crippen molar-refractivity contribution in [3.05, 3.63) is 11.8 Å². The number of allylic oxidation sites excluding steroid dienone is 1. The minimum atomic E-state index is -5.57. The third kappa shape index (κ3) is 4.94. The van der Waals surface area contributed by atoms with Crippen LogP contribution in [0.3, 0.4) is 0 Å². The SMILES string of the molecule is O=S(=O)(F)COC(=C(F)F)C(F)(F)F. The molecule has 0 spiro atoms. The van der Waals surface area contributed by atoms with Crippen LogP contribution >= 0.6 is 0 Å². The molecule has 0 fully saturated rings. The Hall–Kier alpha value is -0.930. The molecule has 0 saturated heterocycles. The van der Waals surface area contributed by atoms with Crippen LogP contribution in [0.25, 0.3) is 0 Å². The number of hydrogen-bond acceptors (Lipinski definition) is 3. The van der Waals surface area contributed by atoms with E-state index in [2.05, 4.69) is 4.74 Å². The normalized spacial score (nSPS) is 12.4. The predicted molar refractivity (Wildman–Crippen MR) is 31.3 cm³/mol. The summed E-state index contributed by atoms with van der Waals surface area (Å²) in [6, 6.07) is 0. The lowest BCUT2D eigenvalue weighted by molar-refractivity contribution is -0.132. The van der Waals surface area contributed by atoms with E-state index in [1.807, 2.05) is 0 Å². The smallest absolute Gasteiger partial charge is 0.454 e. The Morgan fingerprint density at radius 1 is 1.21 bits per heavy atom. The highest BCUT2D eigenvalue weighted by Crippen LogP contribution is 2.30. The Morgan fingerprint density at radius 3 is 1.86 bits per heavy atom. The third-order valence-corrected chi connectivity index (χ3v) is 1.17. The summed E-state index contributed by atoms with van der Waals surface area (Å²) >= 11 is 0. The number of ether oxygens (including phenoxy) is 1. The van der Waals surface area contributed by atoms with Gasteiger partial charge in [-0.05, 0) is 0 Å². The van der Waals surface area contributed by atoms with E-state index in [1.165, 1.54) is 0 Å². The molecule has 14 heavy (non-hydrogen) atoms. The number of halogens is 6. The number of alkyl halides is 3. The van der Waals surface area contributed by atoms with Gasteiger partial charge in [-0.1, -0.05) is 0 Å². The van der Waals surface area contributed by atoms with Gasteiger partial charge in [0.15, 0.2) is 0 Å². The first-order valence-corrected chi connectivity index (χ1v) is 4.27. The Kier molecular flexibility index (Phi) is 3.80. The van der Waals surface area contributed by atoms with Crippen molar-refractivity contribution >= 4 is 10.2 Å². The third-order valence-electron chi connectivity index (χ3n) is 0.773. The van der Waals surface area contributed by atoms with Crippen molar-refractivity contribution in [3.8, 4) is 0 Å². The van der Waals surface area contributed by atoms with Gasteiger partial charge in [-0.15, -0.1) is 3.89 Å². The largest absolute Gasteiger partial charge is 0.466 e. The van der Waals surface area contributed by atoms with Crippen LogP contribution in [0.15, 0.2) is 11.8 Å². The molecule has 0 N–H and O–H groups in total. The zero-order chi connectivity index (χ0) is 11.6. The molecule has 0 rings (SSSR count). The highest BCUT2D eigenvalue weighted by atomic mass is 32.3. The van der Waals surface area contributed by atoms with E-state index < -0.39 is 34.2 Å². The topological polar surface area (TPSA) is 43.4 Å². The fourth-order valence-corrected chi connectivity index (χ4v) is 0.631. The van der Waals surface area contributed by atoms with Gasteiger partial charge in [0, 0.05) is 0 Å². The van der Waals surface area contributed by atoms with E-state index in [1.54, 1.807) is 0 Å². The molecule has 0 aromatic rings. The van der Waals surface area contributed by atoms with Crippen LogP contribution in [0, 0.1) is 0 Å². The second-order valence-corrected chi connectivity index (χ2v) is 3.20. The van der Waals surface area contributed by atoms with Crippen LogP contribution in [0.4, 0.5) is 25.8 Å². The van der Waals surface area contributed by atoms with E-state index in [4.69, 9.17) is 0 Å². The van der Waals surface area contributed by atoms with Crippen molar-refractivity contribution in [2.24, 2.45) is 0 Å². The molecule has 0 aromatic carbocycles. The van der Waals surface area contributed by atoms with Crippen LogP contribution in [-0.4, -0.2) is 20.5 Å². The van der Waals surface area contributed by atoms with E-state index in [0.717, 1.165) is 0 Å². The van der Waals surface area contributed by atoms with Gasteiger partial charge >= 0.3 is 22.5 Å². The number of rotatable bonds is 3. The lowest BCUT2D eigenvalue weighted by atomic mass is 10.5. The fraction of sp³-hybridized carbons (Fsp3) is 0.500. The summed E-state index contributed by atoms with van der Waals surface area (Å²) in [5.74, 6) is -4.93. The summed E-state index contributed by atoms with van der Waals surface area (Å²) in [7, 11) is -5.40. The summed E-state index contributed by atoms with van der Waals surface area (Å²) in [6.45, 7) is 0. The van der Waals surface area contributed by atoms with Crippen LogP contribution in [-0.2, 0) is 15.0 Å². The van der Waals surface area contributed by atoms with E-state index in [9.17, 15) is 34.3 Å². The summed E-state index contributed by atoms with van der Waals surface area (Å²) < 4.78 is 91.7. The van der Waals surface area contributed by atoms with Crippen LogP contribution < -0.4 is 0 Å². The van der Waals surface area contributed by atoms with E-state index in [-0.39, 0.29) is 0 Å². The highest BCUT2D eigenvalue weighted by Gasteiger charge is 2.41. The molecule has 10 heteroatoms. The summed E-state index contributed by atoms with van der Waals surface area (Å²) in [5.41, 5.74) is 0. The standard InChI is InChI=1S/C4H2F6O3S/c5-3(6)2(4(7,8)9)13-1-14(10,11)12/h1H2. The lowest BCUT2D eigenvalue weighted by Gasteiger charge is -2.09. The Morgan fingerprint density at radius 2 is 1.64 bits per heavy atom. The predicted octanol–water partition coefficient (Wildman–Crippen LogP) is 1.93. The highest BCUT2D eigenvalue weighted by molar-refractivity contribution is 7.86. The first kappa shape index (κ1) is 13.1. The first-order valence-electron chi connectivity index (χ1n) is 2.71. The fourth-order valence-electron chi connectivity index (χ4n) is 0.373. The quantitative estimate of drug-likeness (QED) is 0.433. The molecule has 84 valence electrons. The Bertz CT molecular complexity index is 323. The van der Waals surface area contributed by atoms with Crippen LogP contribution in [0.2, 0.25) is 0 Å². The molecule has 0 amide bonds. The average molecular weight is 244 g/mol. The van der Waals surface area contributed by atoms with Gasteiger partial charge in [0.2, 0.25) is 5.94 Å². The first-order chi connectivity index (χ1) is 6.04. The van der Waals surface area contributed by atoms with E-state index in [0.29, 0.717) is 0 Å². The molecule has 0 bridgehead atoms. The van der Waals surface area contributed by atoms with Crippen LogP contribution in [0.1, 0.15) is 0 Å². The second-order valence-electron chi connectivity index (χ2n) is 1.89. The maximum absolute atomic E-state index is 11.6. The molecule has 0 heterocycles. The average Bonchev–Trinajstić information content (AvgIpc) is 1.79. The molecule has 0 aliphatic carbocycles. The van der Waals surface area contributed by atoms with Crippen molar-refractivity contribution in [1.29, 1.82) is 0 Å². The van der Waals surface area contributed by atoms with Gasteiger partial charge in [0.25, 0.3) is 5.76 Å². The molecule has 0 unspecified atom stereocenters. The van der Waals surface area contributed by atoms with Crippen molar-refractivity contribution < 1.29 is 39.0 Å². The van der Waals surface area contributed by atoms with Crippen LogP contribution in [0.5, 0.6) is 0 Å². The lowest BCUT2D eigenvalue weighted by Crippen LogP contribution is -2.18. The zero-order valence-corrected chi connectivity index (χ0v) is 6.92. The molecule has 0 atom stereocenters. The van der Waals surface area contributed by atoms with Crippen molar-refractivity contribution in [1.82, 2.24) is 0 Å². The maximum Gasteiger partial charge on any atom is 0.454 e. The monoisotopic (exact) mass is 244 g/mol. The minimum Gasteiger partial charge on any atom is -0.466 e. The van der Waals surface area contributed by atoms with Gasteiger partial charge in [0.1, 0.15) is 0 Å². The maximum atomic E-state index is 11.6. The summed E-state index contributed by atoms with van der Waals surface area (Å²) in [4.78, 5) is 0. The minimum absolute atomic E-state index is 2.11. The van der Waals surface area contributed by atoms with Gasteiger partial charge < -0.3 is 4.74 Å². The molecule has 0 aromatic heterocycles. The molecule has 0 aliphatic rings. The van der Waals surface area contributed by atoms with Crippen molar-refractivity contribution in [3.63, 3.8) is 0 Å². The second kappa shape index (κ2) is 4.07. The van der Waals surface area contributed by atoms with E-state index >= 15 is 0 Å². The van der Waals surface area contributed by atoms with Gasteiger partial charge in [-0.2, -0.15) is 30.4 Å². The molecule has 0 saturated carbocycles. The van der Waals surface area contributed by atoms with Gasteiger partial charge in [0.05, 0.1) is 0 Å². The summed E-state index contributed by atoms with van der Waals surface area (Å²) in [6.07, 6.45) is -8.84. The Labute approximate surface area is 74.2 Å². The Balaban J connectivity index is 4.70. The number of hydrogen-bond donors (Lipinski definition) is 0. The van der Waals surface area contributed by atoms with Gasteiger partial charge in [-0.25, -0.2) is 0 Å². The molecular formula is C4H2F6O3S. The molecule has 0 radical (unpaired) electrons. The van der Waals surface area contributed by atoms with Crippen molar-refractivity contribution in [2.45, 2.75) is 6.18 Å². The van der Waals surface area contributed by atoms with Gasteiger partial charge in [-0.3, -0.25) is 0 Å². The van der Waals surface area contributed by atoms with Crippen molar-refractivity contribution in [2.75, 3.05) is 5.94 Å². The molecule has 3 nitrogen and oxygen atoms in total. The summed E-state index contributed by atoms with van der Waals surface area (Å²) in [5, 5.41) is 0. The molecular weight excluding hydrogens is 242 g/mol. The molecule has 0 aliphatic heterocycles.